The molecule has 1 heterocycles. The molecule has 0 atom stereocenters. The van der Waals surface area contributed by atoms with Crippen LogP contribution in [0.1, 0.15) is 0 Å². The quantitative estimate of drug-likeness (QED) is 0.847. The highest BCUT2D eigenvalue weighted by atomic mass is 35.7. The first-order valence-electron chi connectivity index (χ1n) is 4.37. The van der Waals surface area contributed by atoms with Gasteiger partial charge in [0.2, 0.25) is 5.95 Å². The third-order valence-corrected chi connectivity index (χ3v) is 3.31. The molecule has 0 fully saturated rings. The SMILES string of the molecule is O=S(=O)(Cl)c1cnn(-c2cccc(O)c2)c1F. The number of phenols is 1. The fraction of sp³-hybridized carbons (Fsp3) is 0. The van der Waals surface area contributed by atoms with Crippen molar-refractivity contribution in [3.05, 3.63) is 36.4 Å². The molecule has 0 unspecified atom stereocenters. The molecule has 90 valence electrons. The lowest BCUT2D eigenvalue weighted by molar-refractivity contribution is 0.473. The topological polar surface area (TPSA) is 72.2 Å². The summed E-state index contributed by atoms with van der Waals surface area (Å²) in [5.41, 5.74) is 0.189. The van der Waals surface area contributed by atoms with Crippen LogP contribution in [0.15, 0.2) is 35.4 Å². The van der Waals surface area contributed by atoms with Crippen LogP contribution in [-0.2, 0) is 9.05 Å². The van der Waals surface area contributed by atoms with Gasteiger partial charge in [-0.05, 0) is 12.1 Å². The average molecular weight is 277 g/mol. The van der Waals surface area contributed by atoms with Gasteiger partial charge in [0.15, 0.2) is 4.90 Å². The molecular formula is C9H6ClFN2O3S. The van der Waals surface area contributed by atoms with E-state index in [2.05, 4.69) is 5.10 Å². The van der Waals surface area contributed by atoms with Crippen molar-refractivity contribution in [3.8, 4) is 11.4 Å². The highest BCUT2D eigenvalue weighted by Gasteiger charge is 2.22. The van der Waals surface area contributed by atoms with Gasteiger partial charge in [0.1, 0.15) is 5.75 Å². The van der Waals surface area contributed by atoms with Crippen LogP contribution < -0.4 is 0 Å². The van der Waals surface area contributed by atoms with Crippen LogP contribution in [0.3, 0.4) is 0 Å². The lowest BCUT2D eigenvalue weighted by Gasteiger charge is -2.02. The monoisotopic (exact) mass is 276 g/mol. The van der Waals surface area contributed by atoms with E-state index in [4.69, 9.17) is 10.7 Å². The van der Waals surface area contributed by atoms with Crippen LogP contribution in [0, 0.1) is 5.95 Å². The fourth-order valence-electron chi connectivity index (χ4n) is 1.29. The third-order valence-electron chi connectivity index (χ3n) is 2.02. The summed E-state index contributed by atoms with van der Waals surface area (Å²) >= 11 is 0. The number of rotatable bonds is 2. The molecule has 1 N–H and O–H groups in total. The molecule has 1 aromatic heterocycles. The van der Waals surface area contributed by atoms with Crippen molar-refractivity contribution in [2.75, 3.05) is 0 Å². The highest BCUT2D eigenvalue weighted by molar-refractivity contribution is 8.13. The molecule has 2 rings (SSSR count). The minimum Gasteiger partial charge on any atom is -0.508 e. The Balaban J connectivity index is 2.60. The second-order valence-corrected chi connectivity index (χ2v) is 5.70. The van der Waals surface area contributed by atoms with E-state index >= 15 is 0 Å². The standard InChI is InChI=1S/C9H6ClFN2O3S/c10-17(15,16)8-5-12-13(9(8)11)6-2-1-3-7(14)4-6/h1-5,14H. The molecule has 0 amide bonds. The third kappa shape index (κ3) is 2.25. The Morgan fingerprint density at radius 1 is 1.41 bits per heavy atom. The summed E-state index contributed by atoms with van der Waals surface area (Å²) < 4.78 is 36.4. The lowest BCUT2D eigenvalue weighted by atomic mass is 10.3. The van der Waals surface area contributed by atoms with Gasteiger partial charge in [-0.2, -0.15) is 9.49 Å². The van der Waals surface area contributed by atoms with Gasteiger partial charge in [0.25, 0.3) is 9.05 Å². The highest BCUT2D eigenvalue weighted by Crippen LogP contribution is 2.22. The zero-order valence-electron chi connectivity index (χ0n) is 8.21. The largest absolute Gasteiger partial charge is 0.508 e. The second kappa shape index (κ2) is 4.01. The first-order valence-corrected chi connectivity index (χ1v) is 6.68. The van der Waals surface area contributed by atoms with Crippen molar-refractivity contribution < 1.29 is 17.9 Å². The van der Waals surface area contributed by atoms with Crippen LogP contribution in [0.25, 0.3) is 5.69 Å². The maximum absolute atomic E-state index is 13.7. The van der Waals surface area contributed by atoms with E-state index in [0.29, 0.717) is 0 Å². The maximum atomic E-state index is 13.7. The number of halogens is 2. The predicted octanol–water partition coefficient (Wildman–Crippen LogP) is 1.64. The van der Waals surface area contributed by atoms with E-state index in [1.54, 1.807) is 0 Å². The molecule has 0 saturated carbocycles. The van der Waals surface area contributed by atoms with Gasteiger partial charge in [0.05, 0.1) is 11.9 Å². The van der Waals surface area contributed by atoms with Crippen LogP contribution >= 0.6 is 10.7 Å². The Morgan fingerprint density at radius 2 is 2.12 bits per heavy atom. The summed E-state index contributed by atoms with van der Waals surface area (Å²) in [5, 5.41) is 12.8. The van der Waals surface area contributed by atoms with Gasteiger partial charge in [-0.3, -0.25) is 0 Å². The van der Waals surface area contributed by atoms with Gasteiger partial charge < -0.3 is 5.11 Å². The van der Waals surface area contributed by atoms with Crippen LogP contribution in [0.4, 0.5) is 4.39 Å². The first kappa shape index (κ1) is 11.9. The number of benzene rings is 1. The van der Waals surface area contributed by atoms with Gasteiger partial charge in [-0.15, -0.1) is 0 Å². The molecule has 5 nitrogen and oxygen atoms in total. The number of phenolic OH excluding ortho intramolecular Hbond substituents is 1. The van der Waals surface area contributed by atoms with Gasteiger partial charge in [-0.1, -0.05) is 6.07 Å². The molecule has 0 spiro atoms. The average Bonchev–Trinajstić information content (AvgIpc) is 2.59. The number of aromatic hydroxyl groups is 1. The number of aromatic nitrogens is 2. The molecule has 0 bridgehead atoms. The molecular weight excluding hydrogens is 271 g/mol. The molecule has 0 aliphatic heterocycles. The zero-order valence-corrected chi connectivity index (χ0v) is 9.78. The van der Waals surface area contributed by atoms with Crippen molar-refractivity contribution in [3.63, 3.8) is 0 Å². The van der Waals surface area contributed by atoms with E-state index in [-0.39, 0.29) is 11.4 Å². The molecule has 8 heteroatoms. The molecule has 0 aliphatic carbocycles. The Morgan fingerprint density at radius 3 is 2.65 bits per heavy atom. The maximum Gasteiger partial charge on any atom is 0.267 e. The predicted molar refractivity (Wildman–Crippen MR) is 58.2 cm³/mol. The minimum atomic E-state index is -4.18. The van der Waals surface area contributed by atoms with Crippen molar-refractivity contribution in [1.82, 2.24) is 9.78 Å². The fourth-order valence-corrected chi connectivity index (χ4v) is 2.06. The zero-order chi connectivity index (χ0) is 12.6. The molecule has 2 aromatic rings. The van der Waals surface area contributed by atoms with Gasteiger partial charge in [0, 0.05) is 16.7 Å². The summed E-state index contributed by atoms with van der Waals surface area (Å²) in [6.07, 6.45) is 0.807. The molecule has 17 heavy (non-hydrogen) atoms. The Kier molecular flexibility index (Phi) is 2.80. The smallest absolute Gasteiger partial charge is 0.267 e. The lowest BCUT2D eigenvalue weighted by Crippen LogP contribution is -2.01. The summed E-state index contributed by atoms with van der Waals surface area (Å²) in [5.74, 6) is -1.20. The van der Waals surface area contributed by atoms with Crippen LogP contribution in [0.5, 0.6) is 5.75 Å². The van der Waals surface area contributed by atoms with E-state index < -0.39 is 19.9 Å². The van der Waals surface area contributed by atoms with E-state index in [0.717, 1.165) is 10.9 Å². The minimum absolute atomic E-state index is 0.0901. The van der Waals surface area contributed by atoms with Crippen molar-refractivity contribution >= 4 is 19.7 Å². The van der Waals surface area contributed by atoms with Crippen LogP contribution in [-0.4, -0.2) is 23.3 Å². The van der Waals surface area contributed by atoms with Crippen molar-refractivity contribution in [2.24, 2.45) is 0 Å². The summed E-state index contributed by atoms with van der Waals surface area (Å²) in [6, 6.07) is 5.56. The Labute approximate surface area is 100 Å². The van der Waals surface area contributed by atoms with E-state index in [1.807, 2.05) is 0 Å². The Hall–Kier alpha value is -1.60. The summed E-state index contributed by atoms with van der Waals surface area (Å²) in [6.45, 7) is 0. The van der Waals surface area contributed by atoms with Gasteiger partial charge >= 0.3 is 0 Å². The molecule has 1 aromatic carbocycles. The first-order chi connectivity index (χ1) is 7.89. The summed E-state index contributed by atoms with van der Waals surface area (Å²) in [4.78, 5) is -0.706. The van der Waals surface area contributed by atoms with Crippen molar-refractivity contribution in [1.29, 1.82) is 0 Å². The number of hydrogen-bond donors (Lipinski definition) is 1. The van der Waals surface area contributed by atoms with Crippen LogP contribution in [0.2, 0.25) is 0 Å². The molecule has 0 radical (unpaired) electrons. The molecule has 0 aliphatic rings. The number of nitrogens with zero attached hydrogens (tertiary/aromatic N) is 2. The van der Waals surface area contributed by atoms with E-state index in [9.17, 15) is 17.9 Å². The number of hydrogen-bond acceptors (Lipinski definition) is 4. The van der Waals surface area contributed by atoms with E-state index in [1.165, 1.54) is 24.3 Å². The molecule has 0 saturated heterocycles. The summed E-state index contributed by atoms with van der Waals surface area (Å²) in [7, 11) is 0.846. The van der Waals surface area contributed by atoms with Gasteiger partial charge in [-0.25, -0.2) is 13.1 Å². The van der Waals surface area contributed by atoms with Crippen molar-refractivity contribution in [2.45, 2.75) is 4.90 Å². The second-order valence-electron chi connectivity index (χ2n) is 3.17. The Bertz CT molecular complexity index is 669. The normalized spacial score (nSPS) is 11.6.